The molecule has 4 nitrogen and oxygen atoms in total. The Hall–Kier alpha value is -0.680. The van der Waals surface area contributed by atoms with Crippen molar-refractivity contribution < 1.29 is 19.4 Å². The summed E-state index contributed by atoms with van der Waals surface area (Å²) in [5.74, 6) is -0.885. The van der Waals surface area contributed by atoms with E-state index in [1.165, 1.54) is 0 Å². The first-order valence-corrected chi connectivity index (χ1v) is 5.11. The minimum absolute atomic E-state index is 0.123. The lowest BCUT2D eigenvalue weighted by Gasteiger charge is -2.35. The number of likely N-dealkylation sites (tertiary alicyclic amines) is 1. The van der Waals surface area contributed by atoms with Crippen molar-refractivity contribution in [2.75, 3.05) is 19.6 Å². The number of aliphatic hydroxyl groups excluding tert-OH is 1. The van der Waals surface area contributed by atoms with Gasteiger partial charge in [0.25, 0.3) is 0 Å². The fourth-order valence-corrected chi connectivity index (χ4v) is 1.73. The van der Waals surface area contributed by atoms with E-state index in [1.807, 2.05) is 0 Å². The number of hydrogen-bond donors (Lipinski definition) is 2. The van der Waals surface area contributed by atoms with Crippen LogP contribution in [0.2, 0.25) is 0 Å². The highest BCUT2D eigenvalue weighted by molar-refractivity contribution is 5.73. The maximum atomic E-state index is 13.2. The number of alkyl halides is 1. The summed E-state index contributed by atoms with van der Waals surface area (Å²) in [6.45, 7) is 4.23. The number of aliphatic hydroxyl groups is 1. The van der Waals surface area contributed by atoms with E-state index in [-0.39, 0.29) is 6.54 Å². The van der Waals surface area contributed by atoms with Crippen LogP contribution in [0.5, 0.6) is 0 Å². The smallest absolute Gasteiger partial charge is 0.310 e. The Morgan fingerprint density at radius 1 is 1.60 bits per heavy atom. The molecule has 0 radical (unpaired) electrons. The number of nitrogens with zero attached hydrogens (tertiary/aromatic N) is 1. The van der Waals surface area contributed by atoms with Crippen LogP contribution in [0.3, 0.4) is 0 Å². The van der Waals surface area contributed by atoms with Crippen molar-refractivity contribution >= 4 is 5.97 Å². The van der Waals surface area contributed by atoms with Gasteiger partial charge in [-0.15, -0.1) is 0 Å². The molecule has 0 aromatic carbocycles. The van der Waals surface area contributed by atoms with Gasteiger partial charge in [-0.2, -0.15) is 0 Å². The highest BCUT2D eigenvalue weighted by Crippen LogP contribution is 2.21. The van der Waals surface area contributed by atoms with E-state index in [2.05, 4.69) is 0 Å². The maximum Gasteiger partial charge on any atom is 0.310 e. The summed E-state index contributed by atoms with van der Waals surface area (Å²) in [5.41, 5.74) is -0.873. The lowest BCUT2D eigenvalue weighted by Crippen LogP contribution is -2.49. The van der Waals surface area contributed by atoms with Crippen LogP contribution in [0.1, 0.15) is 20.3 Å². The highest BCUT2D eigenvalue weighted by atomic mass is 19.1. The number of carboxylic acids is 1. The third kappa shape index (κ3) is 3.14. The van der Waals surface area contributed by atoms with Crippen LogP contribution in [0.15, 0.2) is 0 Å². The zero-order valence-electron chi connectivity index (χ0n) is 9.11. The molecular weight excluding hydrogens is 201 g/mol. The van der Waals surface area contributed by atoms with Crippen LogP contribution < -0.4 is 0 Å². The summed E-state index contributed by atoms with van der Waals surface area (Å²) in [6.07, 6.45) is -1.78. The summed E-state index contributed by atoms with van der Waals surface area (Å²) in [5, 5.41) is 18.1. The van der Waals surface area contributed by atoms with Crippen molar-refractivity contribution in [2.24, 2.45) is 5.41 Å². The molecule has 0 spiro atoms. The molecule has 5 heteroatoms. The van der Waals surface area contributed by atoms with E-state index >= 15 is 0 Å². The second kappa shape index (κ2) is 4.45. The molecule has 1 saturated heterocycles. The molecule has 1 aliphatic heterocycles. The van der Waals surface area contributed by atoms with E-state index < -0.39 is 23.7 Å². The van der Waals surface area contributed by atoms with Gasteiger partial charge in [0.15, 0.2) is 0 Å². The second-order valence-corrected chi connectivity index (χ2v) is 4.80. The molecule has 1 aliphatic rings. The van der Waals surface area contributed by atoms with Gasteiger partial charge in [0, 0.05) is 19.6 Å². The Morgan fingerprint density at radius 3 is 2.67 bits per heavy atom. The predicted molar refractivity (Wildman–Crippen MR) is 53.4 cm³/mol. The molecule has 88 valence electrons. The zero-order valence-corrected chi connectivity index (χ0v) is 9.11. The molecule has 1 rings (SSSR count). The first-order valence-electron chi connectivity index (χ1n) is 5.11. The fourth-order valence-electron chi connectivity index (χ4n) is 1.73. The average molecular weight is 219 g/mol. The molecule has 15 heavy (non-hydrogen) atoms. The third-order valence-corrected chi connectivity index (χ3v) is 2.79. The summed E-state index contributed by atoms with van der Waals surface area (Å²) in [7, 11) is 0. The Morgan fingerprint density at radius 2 is 2.20 bits per heavy atom. The minimum atomic E-state index is -1.26. The van der Waals surface area contributed by atoms with Crippen molar-refractivity contribution in [2.45, 2.75) is 32.5 Å². The van der Waals surface area contributed by atoms with Gasteiger partial charge in [-0.25, -0.2) is 4.39 Å². The molecule has 1 heterocycles. The standard InChI is InChI=1S/C10H18FNO3/c1-10(2,9(14)15)6-12-4-3-8(13)7(11)5-12/h7-8,13H,3-6H2,1-2H3,(H,14,15). The summed E-state index contributed by atoms with van der Waals surface area (Å²) >= 11 is 0. The van der Waals surface area contributed by atoms with Crippen LogP contribution >= 0.6 is 0 Å². The third-order valence-electron chi connectivity index (χ3n) is 2.79. The maximum absolute atomic E-state index is 13.2. The Balaban J connectivity index is 2.50. The van der Waals surface area contributed by atoms with Crippen LogP contribution in [0, 0.1) is 5.41 Å². The number of piperidine rings is 1. The van der Waals surface area contributed by atoms with Gasteiger partial charge < -0.3 is 10.2 Å². The molecule has 0 aromatic heterocycles. The first-order chi connectivity index (χ1) is 6.83. The quantitative estimate of drug-likeness (QED) is 0.725. The second-order valence-electron chi connectivity index (χ2n) is 4.80. The Kier molecular flexibility index (Phi) is 3.67. The molecule has 0 amide bonds. The van der Waals surface area contributed by atoms with Gasteiger partial charge in [0.05, 0.1) is 11.5 Å². The predicted octanol–water partition coefficient (Wildman–Crippen LogP) is 0.502. The van der Waals surface area contributed by atoms with Crippen molar-refractivity contribution in [3.05, 3.63) is 0 Å². The van der Waals surface area contributed by atoms with Crippen molar-refractivity contribution in [3.63, 3.8) is 0 Å². The SMILES string of the molecule is CC(C)(CN1CCC(O)C(F)C1)C(=O)O. The first kappa shape index (κ1) is 12.4. The monoisotopic (exact) mass is 219 g/mol. The topological polar surface area (TPSA) is 60.8 Å². The molecule has 0 aliphatic carbocycles. The number of carbonyl (C=O) groups is 1. The zero-order chi connectivity index (χ0) is 11.6. The van der Waals surface area contributed by atoms with E-state index in [9.17, 15) is 14.3 Å². The summed E-state index contributed by atoms with van der Waals surface area (Å²) < 4.78 is 13.2. The fraction of sp³-hybridized carbons (Fsp3) is 0.900. The summed E-state index contributed by atoms with van der Waals surface area (Å²) in [6, 6.07) is 0. The van der Waals surface area contributed by atoms with Gasteiger partial charge in [-0.1, -0.05) is 0 Å². The molecule has 0 aromatic rings. The van der Waals surface area contributed by atoms with Gasteiger partial charge in [-0.3, -0.25) is 9.69 Å². The van der Waals surface area contributed by atoms with Gasteiger partial charge in [0.1, 0.15) is 6.17 Å². The van der Waals surface area contributed by atoms with Gasteiger partial charge in [-0.05, 0) is 20.3 Å². The Labute approximate surface area is 88.7 Å². The lowest BCUT2D eigenvalue weighted by atomic mass is 9.92. The normalized spacial score (nSPS) is 29.1. The van der Waals surface area contributed by atoms with Crippen LogP contribution in [-0.2, 0) is 4.79 Å². The van der Waals surface area contributed by atoms with Crippen LogP contribution in [0.4, 0.5) is 4.39 Å². The summed E-state index contributed by atoms with van der Waals surface area (Å²) in [4.78, 5) is 12.6. The molecule has 2 atom stereocenters. The number of carboxylic acid groups (broad SMARTS) is 1. The molecule has 2 unspecified atom stereocenters. The van der Waals surface area contributed by atoms with Crippen molar-refractivity contribution in [1.29, 1.82) is 0 Å². The Bertz CT molecular complexity index is 245. The van der Waals surface area contributed by atoms with E-state index in [0.29, 0.717) is 19.5 Å². The van der Waals surface area contributed by atoms with Gasteiger partial charge >= 0.3 is 5.97 Å². The molecule has 2 N–H and O–H groups in total. The average Bonchev–Trinajstić information content (AvgIpc) is 2.10. The molecule has 1 fully saturated rings. The van der Waals surface area contributed by atoms with E-state index in [0.717, 1.165) is 0 Å². The molecular formula is C10H18FNO3. The number of rotatable bonds is 3. The number of aliphatic carboxylic acids is 1. The van der Waals surface area contributed by atoms with Crippen molar-refractivity contribution in [1.82, 2.24) is 4.90 Å². The van der Waals surface area contributed by atoms with Crippen LogP contribution in [-0.4, -0.2) is 53.0 Å². The lowest BCUT2D eigenvalue weighted by molar-refractivity contribution is -0.148. The largest absolute Gasteiger partial charge is 0.481 e. The minimum Gasteiger partial charge on any atom is -0.481 e. The molecule has 0 bridgehead atoms. The number of hydrogen-bond acceptors (Lipinski definition) is 3. The number of halogens is 1. The van der Waals surface area contributed by atoms with E-state index in [1.54, 1.807) is 18.7 Å². The molecule has 0 saturated carbocycles. The van der Waals surface area contributed by atoms with E-state index in [4.69, 9.17) is 5.11 Å². The van der Waals surface area contributed by atoms with Gasteiger partial charge in [0.2, 0.25) is 0 Å². The highest BCUT2D eigenvalue weighted by Gasteiger charge is 2.34. The van der Waals surface area contributed by atoms with Crippen LogP contribution in [0.25, 0.3) is 0 Å². The van der Waals surface area contributed by atoms with Crippen molar-refractivity contribution in [3.8, 4) is 0 Å².